The van der Waals surface area contributed by atoms with Crippen LogP contribution in [-0.4, -0.2) is 0 Å². The van der Waals surface area contributed by atoms with E-state index in [1.807, 2.05) is 18.0 Å². The summed E-state index contributed by atoms with van der Waals surface area (Å²) < 4.78 is 4.93. The monoisotopic (exact) mass is 132 g/mol. The Morgan fingerprint density at radius 2 is 2.29 bits per heavy atom. The summed E-state index contributed by atoms with van der Waals surface area (Å²) in [5.41, 5.74) is 0. The van der Waals surface area contributed by atoms with Gasteiger partial charge in [0.25, 0.3) is 0 Å². The molecule has 0 aromatic carbocycles. The topological polar surface area (TPSA) is 9.23 Å². The normalized spacial score (nSPS) is 27.1. The van der Waals surface area contributed by atoms with Gasteiger partial charge in [0.1, 0.15) is 6.92 Å². The summed E-state index contributed by atoms with van der Waals surface area (Å²) in [7, 11) is 0. The number of hydrogen-bond acceptors (Lipinski definition) is 2. The molecule has 0 spiro atoms. The van der Waals surface area contributed by atoms with E-state index in [4.69, 9.17) is 16.3 Å². The average Bonchev–Trinajstić information content (AvgIpc) is 1.69. The van der Waals surface area contributed by atoms with Crippen molar-refractivity contribution >= 4 is 18.7 Å². The molecule has 1 aliphatic heterocycles. The van der Waals surface area contributed by atoms with Crippen molar-refractivity contribution in [2.24, 2.45) is 0 Å². The van der Waals surface area contributed by atoms with Gasteiger partial charge in [-0.25, -0.2) is 0 Å². The zero-order chi connectivity index (χ0) is 5.11. The number of hydrogen-bond donors (Lipinski definition) is 0. The summed E-state index contributed by atoms with van der Waals surface area (Å²) >= 11 is 4.83. The summed E-state index contributed by atoms with van der Waals surface area (Å²) in [6, 6.07) is 0. The minimum atomic E-state index is -0.977. The van der Waals surface area contributed by atoms with E-state index in [0.717, 1.165) is 0 Å². The molecule has 0 bridgehead atoms. The van der Waals surface area contributed by atoms with Gasteiger partial charge in [-0.05, 0) is 11.9 Å². The first-order chi connectivity index (χ1) is 3.39. The Morgan fingerprint density at radius 3 is 2.57 bits per heavy atom. The van der Waals surface area contributed by atoms with E-state index in [9.17, 15) is 0 Å². The van der Waals surface area contributed by atoms with E-state index < -0.39 is 6.92 Å². The molecule has 0 aliphatic carbocycles. The first-order valence-electron chi connectivity index (χ1n) is 1.93. The van der Waals surface area contributed by atoms with Crippen molar-refractivity contribution in [3.63, 3.8) is 0 Å². The Morgan fingerprint density at radius 1 is 1.43 bits per heavy atom. The first-order valence-corrected chi connectivity index (χ1v) is 4.55. The smallest absolute Gasteiger partial charge is 0.124 e. The Bertz CT molecular complexity index is 139. The maximum atomic E-state index is 4.93. The van der Waals surface area contributed by atoms with Crippen LogP contribution in [-0.2, 0) is 16.3 Å². The van der Waals surface area contributed by atoms with Crippen LogP contribution in [0, 0.1) is 0 Å². The van der Waals surface area contributed by atoms with Crippen molar-refractivity contribution < 1.29 is 4.52 Å². The fraction of sp³-hybridized carbons (Fsp3) is 0. The highest BCUT2D eigenvalue weighted by atomic mass is 32.4. The van der Waals surface area contributed by atoms with Crippen LogP contribution in [0.3, 0.4) is 0 Å². The number of rotatable bonds is 0. The molecule has 1 rings (SSSR count). The molecule has 1 aliphatic rings. The molecule has 0 aromatic heterocycles. The highest BCUT2D eigenvalue weighted by molar-refractivity contribution is 8.04. The van der Waals surface area contributed by atoms with Gasteiger partial charge in [0.05, 0.1) is 6.26 Å². The standard InChI is InChI=1S/C4H5OPS/c7-6-4-2-1-3-5-6/h1-4,6H. The second-order valence-corrected chi connectivity index (χ2v) is 3.54. The molecule has 38 valence electrons. The fourth-order valence-electron chi connectivity index (χ4n) is 0.325. The third kappa shape index (κ3) is 1.46. The first kappa shape index (κ1) is 5.07. The van der Waals surface area contributed by atoms with Crippen molar-refractivity contribution in [3.8, 4) is 0 Å². The van der Waals surface area contributed by atoms with E-state index in [-0.39, 0.29) is 0 Å². The summed E-state index contributed by atoms with van der Waals surface area (Å²) in [5.74, 6) is 1.92. The molecule has 0 aromatic rings. The van der Waals surface area contributed by atoms with E-state index in [1.54, 1.807) is 6.26 Å². The average molecular weight is 132 g/mol. The molecule has 7 heavy (non-hydrogen) atoms. The minimum Gasteiger partial charge on any atom is -0.473 e. The van der Waals surface area contributed by atoms with Gasteiger partial charge < -0.3 is 4.52 Å². The van der Waals surface area contributed by atoms with E-state index in [1.165, 1.54) is 0 Å². The van der Waals surface area contributed by atoms with Gasteiger partial charge in [0.15, 0.2) is 0 Å². The van der Waals surface area contributed by atoms with Crippen LogP contribution in [0.5, 0.6) is 0 Å². The lowest BCUT2D eigenvalue weighted by Crippen LogP contribution is -1.65. The van der Waals surface area contributed by atoms with Crippen molar-refractivity contribution in [3.05, 3.63) is 24.2 Å². The highest BCUT2D eigenvalue weighted by Gasteiger charge is 1.84. The lowest BCUT2D eigenvalue weighted by atomic mass is 10.6. The molecule has 1 atom stereocenters. The lowest BCUT2D eigenvalue weighted by Gasteiger charge is -1.98. The summed E-state index contributed by atoms with van der Waals surface area (Å²) in [4.78, 5) is 0. The van der Waals surface area contributed by atoms with Gasteiger partial charge in [-0.1, -0.05) is 17.9 Å². The van der Waals surface area contributed by atoms with Gasteiger partial charge >= 0.3 is 0 Å². The molecule has 1 unspecified atom stereocenters. The second kappa shape index (κ2) is 2.29. The maximum Gasteiger partial charge on any atom is 0.124 e. The predicted octanol–water partition coefficient (Wildman–Crippen LogP) is 1.64. The largest absolute Gasteiger partial charge is 0.473 e. The van der Waals surface area contributed by atoms with Crippen molar-refractivity contribution in [1.82, 2.24) is 0 Å². The molecule has 0 radical (unpaired) electrons. The Labute approximate surface area is 48.2 Å². The Kier molecular flexibility index (Phi) is 1.66. The molecule has 0 amide bonds. The molecule has 1 heterocycles. The van der Waals surface area contributed by atoms with E-state index in [2.05, 4.69) is 0 Å². The third-order valence-corrected chi connectivity index (χ3v) is 2.14. The molecule has 0 fully saturated rings. The summed E-state index contributed by atoms with van der Waals surface area (Å²) in [6.45, 7) is -0.977. The van der Waals surface area contributed by atoms with Crippen LogP contribution in [0.4, 0.5) is 0 Å². The zero-order valence-electron chi connectivity index (χ0n) is 3.63. The molecular formula is C4H5OPS. The number of allylic oxidation sites excluding steroid dienone is 2. The van der Waals surface area contributed by atoms with Gasteiger partial charge in [0.2, 0.25) is 0 Å². The van der Waals surface area contributed by atoms with Crippen LogP contribution in [0.25, 0.3) is 0 Å². The van der Waals surface area contributed by atoms with Gasteiger partial charge in [-0.3, -0.25) is 0 Å². The van der Waals surface area contributed by atoms with Crippen molar-refractivity contribution in [1.29, 1.82) is 0 Å². The maximum absolute atomic E-state index is 4.93. The minimum absolute atomic E-state index is 0.977. The lowest BCUT2D eigenvalue weighted by molar-refractivity contribution is 0.553. The van der Waals surface area contributed by atoms with Gasteiger partial charge in [0, 0.05) is 0 Å². The van der Waals surface area contributed by atoms with Gasteiger partial charge in [-0.2, -0.15) is 0 Å². The van der Waals surface area contributed by atoms with Crippen LogP contribution in [0.1, 0.15) is 0 Å². The highest BCUT2D eigenvalue weighted by Crippen LogP contribution is 2.26. The third-order valence-electron chi connectivity index (χ3n) is 0.606. The quantitative estimate of drug-likeness (QED) is 0.463. The molecular weight excluding hydrogens is 127 g/mol. The summed E-state index contributed by atoms with van der Waals surface area (Å²) in [6.07, 6.45) is 5.40. The summed E-state index contributed by atoms with van der Waals surface area (Å²) in [5, 5.41) is 0. The Balaban J connectivity index is 2.66. The van der Waals surface area contributed by atoms with Crippen LogP contribution in [0.15, 0.2) is 24.2 Å². The van der Waals surface area contributed by atoms with Crippen molar-refractivity contribution in [2.45, 2.75) is 0 Å². The van der Waals surface area contributed by atoms with Crippen LogP contribution in [0.2, 0.25) is 0 Å². The van der Waals surface area contributed by atoms with Crippen molar-refractivity contribution in [2.75, 3.05) is 0 Å². The molecule has 0 N–H and O–H groups in total. The molecule has 0 saturated heterocycles. The zero-order valence-corrected chi connectivity index (χ0v) is 5.44. The fourth-order valence-corrected chi connectivity index (χ4v) is 1.29. The molecule has 1 nitrogen and oxygen atoms in total. The van der Waals surface area contributed by atoms with E-state index in [0.29, 0.717) is 0 Å². The SMILES string of the molecule is S=[PH]1C=CC=CO1. The Hall–Kier alpha value is -0.0700. The van der Waals surface area contributed by atoms with Crippen LogP contribution < -0.4 is 0 Å². The molecule has 3 heteroatoms. The van der Waals surface area contributed by atoms with E-state index >= 15 is 0 Å². The predicted molar refractivity (Wildman–Crippen MR) is 35.0 cm³/mol. The van der Waals surface area contributed by atoms with Crippen LogP contribution >= 0.6 is 6.92 Å². The second-order valence-electron chi connectivity index (χ2n) is 1.12. The molecule has 0 saturated carbocycles. The van der Waals surface area contributed by atoms with Gasteiger partial charge in [-0.15, -0.1) is 0 Å².